The van der Waals surface area contributed by atoms with Crippen LogP contribution in [0, 0.1) is 11.3 Å². The third-order valence-electron chi connectivity index (χ3n) is 3.94. The standard InChI is InChI=1S/C22H18N2O4/c23-14-16-5-4-8-18(13-16)24-21(25)15-27-22(26)12-10-19-9-11-20(28-19)17-6-2-1-3-7-17/h1-9,11,13H,10,12,15H2,(H,24,25). The molecule has 0 saturated carbocycles. The van der Waals surface area contributed by atoms with Gasteiger partial charge in [-0.25, -0.2) is 0 Å². The van der Waals surface area contributed by atoms with E-state index in [1.165, 1.54) is 0 Å². The van der Waals surface area contributed by atoms with Crippen LogP contribution < -0.4 is 5.32 Å². The van der Waals surface area contributed by atoms with Crippen molar-refractivity contribution < 1.29 is 18.7 Å². The normalized spacial score (nSPS) is 10.1. The molecule has 6 nitrogen and oxygen atoms in total. The molecule has 1 aromatic heterocycles. The fourth-order valence-electron chi connectivity index (χ4n) is 2.58. The predicted octanol–water partition coefficient (Wildman–Crippen LogP) is 3.93. The van der Waals surface area contributed by atoms with Crippen molar-refractivity contribution in [3.63, 3.8) is 0 Å². The number of carbonyl (C=O) groups is 2. The fourth-order valence-corrected chi connectivity index (χ4v) is 2.58. The average molecular weight is 374 g/mol. The molecule has 140 valence electrons. The van der Waals surface area contributed by atoms with Gasteiger partial charge in [-0.1, -0.05) is 36.4 Å². The van der Waals surface area contributed by atoms with Crippen LogP contribution in [0.5, 0.6) is 0 Å². The van der Waals surface area contributed by atoms with Gasteiger partial charge in [0, 0.05) is 17.7 Å². The topological polar surface area (TPSA) is 92.3 Å². The Labute approximate surface area is 162 Å². The summed E-state index contributed by atoms with van der Waals surface area (Å²) in [6.45, 7) is -0.386. The van der Waals surface area contributed by atoms with E-state index in [2.05, 4.69) is 5.32 Å². The first-order valence-corrected chi connectivity index (χ1v) is 8.74. The molecule has 6 heteroatoms. The Morgan fingerprint density at radius 3 is 2.64 bits per heavy atom. The molecule has 3 rings (SSSR count). The van der Waals surface area contributed by atoms with E-state index < -0.39 is 11.9 Å². The molecule has 0 atom stereocenters. The molecular formula is C22H18N2O4. The van der Waals surface area contributed by atoms with Crippen LogP contribution in [0.15, 0.2) is 71.1 Å². The van der Waals surface area contributed by atoms with E-state index in [4.69, 9.17) is 14.4 Å². The third-order valence-corrected chi connectivity index (χ3v) is 3.94. The molecule has 1 amide bonds. The zero-order valence-corrected chi connectivity index (χ0v) is 15.1. The molecule has 0 aliphatic rings. The zero-order chi connectivity index (χ0) is 19.8. The van der Waals surface area contributed by atoms with Gasteiger partial charge in [-0.05, 0) is 30.3 Å². The number of nitriles is 1. The van der Waals surface area contributed by atoms with Gasteiger partial charge >= 0.3 is 5.97 Å². The Hall–Kier alpha value is -3.85. The molecule has 0 bridgehead atoms. The minimum atomic E-state index is -0.487. The highest BCUT2D eigenvalue weighted by Gasteiger charge is 2.11. The van der Waals surface area contributed by atoms with Crippen molar-refractivity contribution >= 4 is 17.6 Å². The number of carbonyl (C=O) groups excluding carboxylic acids is 2. The SMILES string of the molecule is N#Cc1cccc(NC(=O)COC(=O)CCc2ccc(-c3ccccc3)o2)c1. The van der Waals surface area contributed by atoms with E-state index in [1.54, 1.807) is 24.3 Å². The summed E-state index contributed by atoms with van der Waals surface area (Å²) < 4.78 is 10.7. The summed E-state index contributed by atoms with van der Waals surface area (Å²) in [7, 11) is 0. The van der Waals surface area contributed by atoms with E-state index >= 15 is 0 Å². The van der Waals surface area contributed by atoms with Gasteiger partial charge in [0.1, 0.15) is 11.5 Å². The van der Waals surface area contributed by atoms with Gasteiger partial charge in [0.05, 0.1) is 18.1 Å². The fraction of sp³-hybridized carbons (Fsp3) is 0.136. The van der Waals surface area contributed by atoms with Crippen LogP contribution in [-0.4, -0.2) is 18.5 Å². The summed E-state index contributed by atoms with van der Waals surface area (Å²) in [5.41, 5.74) is 1.88. The monoisotopic (exact) mass is 374 g/mol. The summed E-state index contributed by atoms with van der Waals surface area (Å²) in [5, 5.41) is 11.4. The maximum Gasteiger partial charge on any atom is 0.306 e. The first kappa shape index (κ1) is 18.9. The second kappa shape index (κ2) is 9.19. The van der Waals surface area contributed by atoms with Crippen molar-refractivity contribution in [2.75, 3.05) is 11.9 Å². The average Bonchev–Trinajstić information content (AvgIpc) is 3.20. The number of esters is 1. The van der Waals surface area contributed by atoms with Crippen LogP contribution in [0.4, 0.5) is 5.69 Å². The Morgan fingerprint density at radius 2 is 1.86 bits per heavy atom. The number of hydrogen-bond donors (Lipinski definition) is 1. The zero-order valence-electron chi connectivity index (χ0n) is 15.1. The lowest BCUT2D eigenvalue weighted by Crippen LogP contribution is -2.21. The molecule has 0 aliphatic carbocycles. The van der Waals surface area contributed by atoms with Gasteiger partial charge < -0.3 is 14.5 Å². The quantitative estimate of drug-likeness (QED) is 0.633. The van der Waals surface area contributed by atoms with Crippen molar-refractivity contribution in [2.24, 2.45) is 0 Å². The Morgan fingerprint density at radius 1 is 1.04 bits per heavy atom. The molecule has 0 unspecified atom stereocenters. The number of amides is 1. The number of nitrogens with zero attached hydrogens (tertiary/aromatic N) is 1. The molecular weight excluding hydrogens is 356 g/mol. The minimum absolute atomic E-state index is 0.110. The Kier molecular flexibility index (Phi) is 6.21. The van der Waals surface area contributed by atoms with E-state index in [1.807, 2.05) is 48.5 Å². The third kappa shape index (κ3) is 5.32. The maximum absolute atomic E-state index is 11.9. The van der Waals surface area contributed by atoms with Crippen LogP contribution in [0.3, 0.4) is 0 Å². The largest absolute Gasteiger partial charge is 0.461 e. The number of aryl methyl sites for hydroxylation is 1. The summed E-state index contributed by atoms with van der Waals surface area (Å²) in [6.07, 6.45) is 0.496. The number of furan rings is 1. The molecule has 1 N–H and O–H groups in total. The smallest absolute Gasteiger partial charge is 0.306 e. The summed E-state index contributed by atoms with van der Waals surface area (Å²) in [6, 6.07) is 21.8. The maximum atomic E-state index is 11.9. The number of benzene rings is 2. The van der Waals surface area contributed by atoms with Crippen LogP contribution in [0.25, 0.3) is 11.3 Å². The van der Waals surface area contributed by atoms with E-state index in [0.717, 1.165) is 11.3 Å². The summed E-state index contributed by atoms with van der Waals surface area (Å²) in [4.78, 5) is 23.7. The van der Waals surface area contributed by atoms with E-state index in [0.29, 0.717) is 23.4 Å². The molecule has 3 aromatic rings. The van der Waals surface area contributed by atoms with Gasteiger partial charge in [0.25, 0.3) is 5.91 Å². The predicted molar refractivity (Wildman–Crippen MR) is 103 cm³/mol. The lowest BCUT2D eigenvalue weighted by atomic mass is 10.2. The molecule has 0 fully saturated rings. The first-order chi connectivity index (χ1) is 13.6. The van der Waals surface area contributed by atoms with Crippen LogP contribution in [0.1, 0.15) is 17.7 Å². The van der Waals surface area contributed by atoms with Gasteiger partial charge in [0.15, 0.2) is 6.61 Å². The Bertz CT molecular complexity index is 1000. The second-order valence-corrected chi connectivity index (χ2v) is 6.03. The lowest BCUT2D eigenvalue weighted by Gasteiger charge is -2.06. The van der Waals surface area contributed by atoms with Crippen molar-refractivity contribution in [2.45, 2.75) is 12.8 Å². The Balaban J connectivity index is 1.43. The van der Waals surface area contributed by atoms with E-state index in [-0.39, 0.29) is 13.0 Å². The molecule has 1 heterocycles. The van der Waals surface area contributed by atoms with Gasteiger partial charge in [-0.15, -0.1) is 0 Å². The summed E-state index contributed by atoms with van der Waals surface area (Å²) in [5.74, 6) is 0.461. The van der Waals surface area contributed by atoms with Crippen molar-refractivity contribution in [1.82, 2.24) is 0 Å². The minimum Gasteiger partial charge on any atom is -0.461 e. The molecule has 2 aromatic carbocycles. The van der Waals surface area contributed by atoms with Crippen LogP contribution in [-0.2, 0) is 20.7 Å². The molecule has 28 heavy (non-hydrogen) atoms. The molecule has 0 aliphatic heterocycles. The molecule has 0 saturated heterocycles. The number of ether oxygens (including phenoxy) is 1. The summed E-state index contributed by atoms with van der Waals surface area (Å²) >= 11 is 0. The number of anilines is 1. The van der Waals surface area contributed by atoms with Crippen molar-refractivity contribution in [3.8, 4) is 17.4 Å². The molecule has 0 spiro atoms. The molecule has 0 radical (unpaired) electrons. The van der Waals surface area contributed by atoms with Crippen LogP contribution in [0.2, 0.25) is 0 Å². The number of hydrogen-bond acceptors (Lipinski definition) is 5. The van der Waals surface area contributed by atoms with Crippen molar-refractivity contribution in [3.05, 3.63) is 78.1 Å². The second-order valence-electron chi connectivity index (χ2n) is 6.03. The first-order valence-electron chi connectivity index (χ1n) is 8.74. The van der Waals surface area contributed by atoms with E-state index in [9.17, 15) is 9.59 Å². The van der Waals surface area contributed by atoms with Gasteiger partial charge in [0.2, 0.25) is 0 Å². The number of nitrogens with one attached hydrogen (secondary N) is 1. The lowest BCUT2D eigenvalue weighted by molar-refractivity contribution is -0.147. The van der Waals surface area contributed by atoms with Gasteiger partial charge in [-0.2, -0.15) is 5.26 Å². The highest BCUT2D eigenvalue weighted by molar-refractivity contribution is 5.92. The number of rotatable bonds is 7. The van der Waals surface area contributed by atoms with Gasteiger partial charge in [-0.3, -0.25) is 9.59 Å². The highest BCUT2D eigenvalue weighted by atomic mass is 16.5. The highest BCUT2D eigenvalue weighted by Crippen LogP contribution is 2.22. The van der Waals surface area contributed by atoms with Crippen LogP contribution >= 0.6 is 0 Å². The van der Waals surface area contributed by atoms with Crippen molar-refractivity contribution in [1.29, 1.82) is 5.26 Å².